The Bertz CT molecular complexity index is 297. The van der Waals surface area contributed by atoms with Crippen molar-refractivity contribution in [2.24, 2.45) is 5.73 Å². The van der Waals surface area contributed by atoms with Gasteiger partial charge in [0.1, 0.15) is 0 Å². The summed E-state index contributed by atoms with van der Waals surface area (Å²) in [6.07, 6.45) is 1.30. The Labute approximate surface area is 106 Å². The quantitative estimate of drug-likeness (QED) is 0.491. The molecule has 0 amide bonds. The van der Waals surface area contributed by atoms with E-state index in [1.54, 1.807) is 6.07 Å². The third kappa shape index (κ3) is 5.95. The first-order valence-electron chi connectivity index (χ1n) is 3.78. The average Bonchev–Trinajstić information content (AvgIpc) is 2.15. The number of halogens is 2. The molecular formula is C7H12AsCl2N3O2. The van der Waals surface area contributed by atoms with E-state index >= 15 is 0 Å². The van der Waals surface area contributed by atoms with Crippen LogP contribution < -0.4 is 10.2 Å². The summed E-state index contributed by atoms with van der Waals surface area (Å²) in [5.41, 5.74) is 5.39. The van der Waals surface area contributed by atoms with Crippen LogP contribution in [-0.2, 0) is 0 Å². The van der Waals surface area contributed by atoms with E-state index in [-0.39, 0.29) is 46.3 Å². The number of rotatable bonds is 4. The third-order valence-corrected chi connectivity index (χ3v) is 3.92. The second-order valence-corrected chi connectivity index (χ2v) is 5.24. The van der Waals surface area contributed by atoms with Gasteiger partial charge in [0.25, 0.3) is 0 Å². The zero-order valence-electron chi connectivity index (χ0n) is 7.75. The number of hydrogen-bond acceptors (Lipinski definition) is 4. The van der Waals surface area contributed by atoms with E-state index in [4.69, 9.17) is 5.73 Å². The first kappa shape index (κ1) is 17.1. The summed E-state index contributed by atoms with van der Waals surface area (Å²) in [6.45, 7) is 0.665. The molecule has 1 aromatic heterocycles. The number of pyridine rings is 1. The Morgan fingerprint density at radius 1 is 1.47 bits per heavy atom. The maximum absolute atomic E-state index is 10.3. The van der Waals surface area contributed by atoms with E-state index in [1.807, 2.05) is 0 Å². The van der Waals surface area contributed by atoms with Gasteiger partial charge in [-0.3, -0.25) is 0 Å². The molecule has 0 saturated carbocycles. The first-order chi connectivity index (χ1) is 6.24. The number of aromatic nitrogens is 1. The van der Waals surface area contributed by atoms with E-state index in [0.717, 1.165) is 9.69 Å². The molecule has 0 fully saturated rings. The molecule has 0 aliphatic carbocycles. The van der Waals surface area contributed by atoms with Crippen molar-refractivity contribution >= 4 is 50.7 Å². The monoisotopic (exact) mass is 315 g/mol. The van der Waals surface area contributed by atoms with Crippen LogP contribution in [-0.4, -0.2) is 32.2 Å². The molecule has 1 unspecified atom stereocenters. The van der Waals surface area contributed by atoms with Gasteiger partial charge in [-0.05, 0) is 0 Å². The van der Waals surface area contributed by atoms with Gasteiger partial charge in [0, 0.05) is 0 Å². The van der Waals surface area contributed by atoms with Gasteiger partial charge in [-0.2, -0.15) is 0 Å². The van der Waals surface area contributed by atoms with Crippen molar-refractivity contribution in [2.75, 3.05) is 6.54 Å². The Morgan fingerprint density at radius 2 is 2.13 bits per heavy atom. The fraction of sp³-hybridized carbons (Fsp3) is 0.286. The van der Waals surface area contributed by atoms with Gasteiger partial charge in [-0.25, -0.2) is 0 Å². The number of hydrogen-bond donors (Lipinski definition) is 1. The van der Waals surface area contributed by atoms with Gasteiger partial charge in [0.2, 0.25) is 0 Å². The number of nitrogens with two attached hydrogens (primary N) is 1. The second kappa shape index (κ2) is 8.92. The summed E-state index contributed by atoms with van der Waals surface area (Å²) in [6, 6.07) is 3.20. The van der Waals surface area contributed by atoms with E-state index in [0.29, 0.717) is 6.54 Å². The van der Waals surface area contributed by atoms with Crippen molar-refractivity contribution in [1.29, 1.82) is 0 Å². The number of nitro groups is 1. The summed E-state index contributed by atoms with van der Waals surface area (Å²) in [7, 11) is 0. The van der Waals surface area contributed by atoms with E-state index in [2.05, 4.69) is 4.98 Å². The van der Waals surface area contributed by atoms with Crippen LogP contribution in [0.1, 0.15) is 0 Å². The van der Waals surface area contributed by atoms with Crippen molar-refractivity contribution in [3.8, 4) is 0 Å². The van der Waals surface area contributed by atoms with E-state index < -0.39 is 4.92 Å². The van der Waals surface area contributed by atoms with E-state index in [9.17, 15) is 10.1 Å². The van der Waals surface area contributed by atoms with Gasteiger partial charge >= 0.3 is 81.8 Å². The molecule has 0 spiro atoms. The molecule has 1 atom stereocenters. The molecule has 86 valence electrons. The molecule has 0 bridgehead atoms. The van der Waals surface area contributed by atoms with Crippen LogP contribution in [0.2, 0.25) is 5.21 Å². The molecule has 5 nitrogen and oxygen atoms in total. The normalized spacial score (nSPS) is 9.40. The minimum atomic E-state index is -0.445. The van der Waals surface area contributed by atoms with Gasteiger partial charge < -0.3 is 0 Å². The molecule has 1 aromatic rings. The maximum atomic E-state index is 10.3. The summed E-state index contributed by atoms with van der Waals surface area (Å²) in [4.78, 5) is 13.8. The van der Waals surface area contributed by atoms with Gasteiger partial charge in [-0.1, -0.05) is 0 Å². The predicted octanol–water partition coefficient (Wildman–Crippen LogP) is 0.272. The van der Waals surface area contributed by atoms with Crippen LogP contribution in [0.5, 0.6) is 0 Å². The van der Waals surface area contributed by atoms with Crippen molar-refractivity contribution in [3.05, 3.63) is 28.4 Å². The molecule has 0 radical (unpaired) electrons. The fourth-order valence-electron chi connectivity index (χ4n) is 0.799. The van der Waals surface area contributed by atoms with Crippen molar-refractivity contribution in [1.82, 2.24) is 4.98 Å². The Hall–Kier alpha value is -0.352. The summed E-state index contributed by atoms with van der Waals surface area (Å²) in [5.74, 6) is 0. The summed E-state index contributed by atoms with van der Waals surface area (Å²) < 4.78 is 0.969. The van der Waals surface area contributed by atoms with Crippen LogP contribution in [0.15, 0.2) is 18.3 Å². The molecule has 15 heavy (non-hydrogen) atoms. The molecule has 8 heteroatoms. The van der Waals surface area contributed by atoms with Gasteiger partial charge in [-0.15, -0.1) is 24.8 Å². The van der Waals surface area contributed by atoms with Crippen LogP contribution in [0.3, 0.4) is 0 Å². The van der Waals surface area contributed by atoms with Crippen LogP contribution in [0.25, 0.3) is 0 Å². The van der Waals surface area contributed by atoms with Crippen LogP contribution in [0.4, 0.5) is 5.69 Å². The Kier molecular flexibility index (Phi) is 10.1. The molecule has 1 rings (SSSR count). The standard InChI is InChI=1S/C7H10AsN3O2.2ClH/c9-4-3-8-7-2-1-6(5-10-7)11(12)13;;/h1-2,5,8H,3-4,9H2;2*1H. The summed E-state index contributed by atoms with van der Waals surface area (Å²) in [5, 5.41) is 11.3. The van der Waals surface area contributed by atoms with Crippen molar-refractivity contribution < 1.29 is 4.92 Å². The zero-order chi connectivity index (χ0) is 9.68. The average molecular weight is 316 g/mol. The SMILES string of the molecule is Cl.Cl.NCC[AsH]c1ccc([N+](=O)[O-])cn1. The van der Waals surface area contributed by atoms with Crippen molar-refractivity contribution in [2.45, 2.75) is 5.21 Å². The Morgan fingerprint density at radius 3 is 2.53 bits per heavy atom. The van der Waals surface area contributed by atoms with E-state index in [1.165, 1.54) is 12.3 Å². The van der Waals surface area contributed by atoms with Gasteiger partial charge in [0.05, 0.1) is 0 Å². The molecule has 2 N–H and O–H groups in total. The summed E-state index contributed by atoms with van der Waals surface area (Å²) >= 11 is -0.292. The van der Waals surface area contributed by atoms with Crippen molar-refractivity contribution in [3.63, 3.8) is 0 Å². The second-order valence-electron chi connectivity index (χ2n) is 2.37. The molecular weight excluding hydrogens is 304 g/mol. The fourth-order valence-corrected chi connectivity index (χ4v) is 2.39. The Balaban J connectivity index is 0. The minimum absolute atomic E-state index is 0. The predicted molar refractivity (Wildman–Crippen MR) is 66.0 cm³/mol. The van der Waals surface area contributed by atoms with Gasteiger partial charge in [0.15, 0.2) is 0 Å². The number of nitrogens with zero attached hydrogens (tertiary/aromatic N) is 2. The molecule has 1 heterocycles. The third-order valence-electron chi connectivity index (χ3n) is 1.41. The van der Waals surface area contributed by atoms with Crippen LogP contribution in [0, 0.1) is 10.1 Å². The van der Waals surface area contributed by atoms with Crippen LogP contribution >= 0.6 is 24.8 Å². The molecule has 0 aliphatic heterocycles. The molecule has 0 saturated heterocycles. The zero-order valence-corrected chi connectivity index (χ0v) is 11.5. The first-order valence-corrected chi connectivity index (χ1v) is 6.31. The molecule has 0 aliphatic rings. The topological polar surface area (TPSA) is 82.0 Å². The molecule has 0 aromatic carbocycles.